The van der Waals surface area contributed by atoms with Crippen LogP contribution in [0.1, 0.15) is 0 Å². The molecule has 0 bridgehead atoms. The Labute approximate surface area is 72.9 Å². The summed E-state index contributed by atoms with van der Waals surface area (Å²) < 4.78 is 25.3. The maximum Gasteiger partial charge on any atom is 0.324 e. The van der Waals surface area contributed by atoms with Gasteiger partial charge in [0, 0.05) is 0 Å². The van der Waals surface area contributed by atoms with E-state index >= 15 is 0 Å². The van der Waals surface area contributed by atoms with Crippen molar-refractivity contribution in [2.45, 2.75) is 5.92 Å². The molecule has 0 saturated carbocycles. The summed E-state index contributed by atoms with van der Waals surface area (Å²) in [5, 5.41) is 2.13. The van der Waals surface area contributed by atoms with Gasteiger partial charge in [0.1, 0.15) is 0 Å². The number of carbonyl (C=O) groups is 2. The lowest BCUT2D eigenvalue weighted by Crippen LogP contribution is -2.44. The van der Waals surface area contributed by atoms with Crippen LogP contribution in [0.4, 0.5) is 13.6 Å². The number of alkyl halides is 2. The number of hydrogen-bond donors (Lipinski definition) is 2. The molecule has 13 heavy (non-hydrogen) atoms. The first kappa shape index (κ1) is 9.85. The first-order chi connectivity index (χ1) is 5.96. The highest BCUT2D eigenvalue weighted by Gasteiger charge is 2.38. The molecule has 1 saturated heterocycles. The lowest BCUT2D eigenvalue weighted by molar-refractivity contribution is -0.128. The number of nitrogens with zero attached hydrogens (tertiary/aromatic N) is 1. The molecule has 1 heterocycles. The zero-order chi connectivity index (χ0) is 10.1. The van der Waals surface area contributed by atoms with Gasteiger partial charge < -0.3 is 11.1 Å². The molecule has 0 aromatic heterocycles. The van der Waals surface area contributed by atoms with Crippen molar-refractivity contribution in [1.82, 2.24) is 10.2 Å². The molecule has 74 valence electrons. The third kappa shape index (κ3) is 2.11. The van der Waals surface area contributed by atoms with Crippen molar-refractivity contribution in [3.8, 4) is 0 Å². The zero-order valence-electron chi connectivity index (χ0n) is 6.72. The Morgan fingerprint density at radius 2 is 2.15 bits per heavy atom. The molecule has 1 fully saturated rings. The third-order valence-corrected chi connectivity index (χ3v) is 1.63. The van der Waals surface area contributed by atoms with Gasteiger partial charge in [-0.05, 0) is 0 Å². The van der Waals surface area contributed by atoms with Crippen molar-refractivity contribution in [1.29, 1.82) is 0 Å². The van der Waals surface area contributed by atoms with Crippen LogP contribution < -0.4 is 11.1 Å². The number of urea groups is 1. The number of halogens is 2. The van der Waals surface area contributed by atoms with E-state index in [9.17, 15) is 18.4 Å². The second-order valence-corrected chi connectivity index (χ2v) is 2.70. The minimum absolute atomic E-state index is 0.223. The minimum Gasteiger partial charge on any atom is -0.329 e. The van der Waals surface area contributed by atoms with Crippen LogP contribution in [0.3, 0.4) is 0 Å². The van der Waals surface area contributed by atoms with Gasteiger partial charge in [-0.15, -0.1) is 0 Å². The summed E-state index contributed by atoms with van der Waals surface area (Å²) in [7, 11) is 0. The summed E-state index contributed by atoms with van der Waals surface area (Å²) in [5.74, 6) is -3.87. The average molecular weight is 193 g/mol. The van der Waals surface area contributed by atoms with E-state index < -0.39 is 31.0 Å². The molecule has 0 aliphatic carbocycles. The van der Waals surface area contributed by atoms with Crippen LogP contribution in [-0.4, -0.2) is 42.4 Å². The second-order valence-electron chi connectivity index (χ2n) is 2.70. The van der Waals surface area contributed by atoms with Crippen LogP contribution in [-0.2, 0) is 4.79 Å². The fourth-order valence-electron chi connectivity index (χ4n) is 0.911. The summed E-state index contributed by atoms with van der Waals surface area (Å²) in [5.41, 5.74) is 4.76. The maximum absolute atomic E-state index is 12.7. The number of amides is 3. The van der Waals surface area contributed by atoms with Gasteiger partial charge in [0.05, 0.1) is 19.6 Å². The smallest absolute Gasteiger partial charge is 0.324 e. The number of imide groups is 1. The van der Waals surface area contributed by atoms with Crippen molar-refractivity contribution in [2.24, 2.45) is 5.73 Å². The average Bonchev–Trinajstić information content (AvgIpc) is 2.36. The van der Waals surface area contributed by atoms with Gasteiger partial charge in [0.25, 0.3) is 5.92 Å². The molecular formula is C6H9F2N3O2. The zero-order valence-corrected chi connectivity index (χ0v) is 6.72. The predicted molar refractivity (Wildman–Crippen MR) is 39.1 cm³/mol. The molecule has 0 atom stereocenters. The largest absolute Gasteiger partial charge is 0.329 e. The molecule has 7 heteroatoms. The highest BCUT2D eigenvalue weighted by molar-refractivity contribution is 6.01. The number of hydrogen-bond acceptors (Lipinski definition) is 3. The Kier molecular flexibility index (Phi) is 2.46. The van der Waals surface area contributed by atoms with E-state index in [2.05, 4.69) is 5.32 Å². The van der Waals surface area contributed by atoms with E-state index in [1.165, 1.54) is 0 Å². The van der Waals surface area contributed by atoms with Gasteiger partial charge in [0.15, 0.2) is 0 Å². The van der Waals surface area contributed by atoms with Crippen molar-refractivity contribution < 1.29 is 18.4 Å². The van der Waals surface area contributed by atoms with Gasteiger partial charge in [-0.25, -0.2) is 13.6 Å². The quantitative estimate of drug-likeness (QED) is 0.572. The Bertz CT molecular complexity index is 228. The minimum atomic E-state index is -3.21. The molecule has 1 aliphatic rings. The fraction of sp³-hybridized carbons (Fsp3) is 0.667. The maximum atomic E-state index is 12.7. The Morgan fingerprint density at radius 3 is 2.54 bits per heavy atom. The first-order valence-corrected chi connectivity index (χ1v) is 3.62. The van der Waals surface area contributed by atoms with E-state index in [0.717, 1.165) is 0 Å². The van der Waals surface area contributed by atoms with Crippen molar-refractivity contribution in [3.63, 3.8) is 0 Å². The fourth-order valence-corrected chi connectivity index (χ4v) is 0.911. The van der Waals surface area contributed by atoms with Gasteiger partial charge in [-0.3, -0.25) is 9.69 Å². The molecule has 0 aromatic carbocycles. The second kappa shape index (κ2) is 3.25. The van der Waals surface area contributed by atoms with Gasteiger partial charge >= 0.3 is 6.03 Å². The molecule has 1 aliphatic heterocycles. The van der Waals surface area contributed by atoms with Crippen LogP contribution in [0.25, 0.3) is 0 Å². The summed E-state index contributed by atoms with van der Waals surface area (Å²) in [6.45, 7) is -2.06. The lowest BCUT2D eigenvalue weighted by Gasteiger charge is -2.19. The summed E-state index contributed by atoms with van der Waals surface area (Å²) in [6.07, 6.45) is 0. The molecular weight excluding hydrogens is 184 g/mol. The molecule has 0 radical (unpaired) electrons. The van der Waals surface area contributed by atoms with Gasteiger partial charge in [-0.1, -0.05) is 0 Å². The molecule has 1 rings (SSSR count). The first-order valence-electron chi connectivity index (χ1n) is 3.62. The molecule has 5 nitrogen and oxygen atoms in total. The summed E-state index contributed by atoms with van der Waals surface area (Å²) >= 11 is 0. The Hall–Kier alpha value is -1.24. The standard InChI is InChI=1S/C6H9F2N3O2/c7-6(8,2-9)3-11-4(12)1-10-5(11)13/h1-3,9H2,(H,10,13). The normalized spacial score (nSPS) is 17.9. The number of nitrogens with one attached hydrogen (secondary N) is 1. The van der Waals surface area contributed by atoms with Crippen molar-refractivity contribution >= 4 is 11.9 Å². The SMILES string of the molecule is NCC(F)(F)CN1C(=O)CNC1=O. The van der Waals surface area contributed by atoms with Crippen LogP contribution in [0.15, 0.2) is 0 Å². The molecule has 0 unspecified atom stereocenters. The van der Waals surface area contributed by atoms with Crippen LogP contribution >= 0.6 is 0 Å². The van der Waals surface area contributed by atoms with Crippen molar-refractivity contribution in [3.05, 3.63) is 0 Å². The van der Waals surface area contributed by atoms with Gasteiger partial charge in [0.2, 0.25) is 5.91 Å². The molecule has 3 amide bonds. The van der Waals surface area contributed by atoms with Crippen LogP contribution in [0.5, 0.6) is 0 Å². The van der Waals surface area contributed by atoms with Crippen LogP contribution in [0.2, 0.25) is 0 Å². The van der Waals surface area contributed by atoms with Crippen molar-refractivity contribution in [2.75, 3.05) is 19.6 Å². The summed E-state index contributed by atoms with van der Waals surface area (Å²) in [6, 6.07) is -0.793. The van der Waals surface area contributed by atoms with E-state index in [0.29, 0.717) is 4.90 Å². The topological polar surface area (TPSA) is 75.4 Å². The number of rotatable bonds is 3. The highest BCUT2D eigenvalue weighted by Crippen LogP contribution is 2.14. The number of carbonyl (C=O) groups excluding carboxylic acids is 2. The van der Waals surface area contributed by atoms with E-state index in [1.54, 1.807) is 0 Å². The van der Waals surface area contributed by atoms with E-state index in [1.807, 2.05) is 0 Å². The Balaban J connectivity index is 2.62. The number of nitrogens with two attached hydrogens (primary N) is 1. The van der Waals surface area contributed by atoms with Crippen LogP contribution in [0, 0.1) is 0 Å². The molecule has 0 spiro atoms. The predicted octanol–water partition coefficient (Wildman–Crippen LogP) is -0.868. The van der Waals surface area contributed by atoms with E-state index in [4.69, 9.17) is 5.73 Å². The molecule has 3 N–H and O–H groups in total. The third-order valence-electron chi connectivity index (χ3n) is 1.63. The summed E-state index contributed by atoms with van der Waals surface area (Å²) in [4.78, 5) is 22.1. The van der Waals surface area contributed by atoms with Gasteiger partial charge in [-0.2, -0.15) is 0 Å². The highest BCUT2D eigenvalue weighted by atomic mass is 19.3. The van der Waals surface area contributed by atoms with E-state index in [-0.39, 0.29) is 6.54 Å². The Morgan fingerprint density at radius 1 is 1.54 bits per heavy atom. The molecule has 0 aromatic rings. The lowest BCUT2D eigenvalue weighted by atomic mass is 10.3. The monoisotopic (exact) mass is 193 g/mol.